The Morgan fingerprint density at radius 2 is 2.24 bits per heavy atom. The molecule has 0 saturated carbocycles. The van der Waals surface area contributed by atoms with Gasteiger partial charge in [-0.05, 0) is 37.6 Å². The second-order valence-electron chi connectivity index (χ2n) is 3.91. The molecule has 0 aromatic heterocycles. The summed E-state index contributed by atoms with van der Waals surface area (Å²) < 4.78 is 5.54. The molecule has 1 aromatic carbocycles. The predicted molar refractivity (Wildman–Crippen MR) is 66.4 cm³/mol. The lowest BCUT2D eigenvalue weighted by atomic mass is 10.2. The Labute approximate surface area is 102 Å². The molecule has 0 atom stereocenters. The van der Waals surface area contributed by atoms with Crippen LogP contribution in [0.5, 0.6) is 5.75 Å². The van der Waals surface area contributed by atoms with Gasteiger partial charge in [0.15, 0.2) is 0 Å². The van der Waals surface area contributed by atoms with Crippen LogP contribution in [0.25, 0.3) is 0 Å². The molecule has 0 saturated heterocycles. The van der Waals surface area contributed by atoms with E-state index >= 15 is 0 Å². The highest BCUT2D eigenvalue weighted by Crippen LogP contribution is 2.11. The van der Waals surface area contributed by atoms with Gasteiger partial charge in [0.1, 0.15) is 12.4 Å². The summed E-state index contributed by atoms with van der Waals surface area (Å²) in [5.41, 5.74) is 1.18. The maximum Gasteiger partial charge on any atom is 0.303 e. The zero-order chi connectivity index (χ0) is 12.5. The van der Waals surface area contributed by atoms with Crippen LogP contribution in [0.4, 0.5) is 0 Å². The molecule has 0 aliphatic heterocycles. The fourth-order valence-corrected chi connectivity index (χ4v) is 1.44. The van der Waals surface area contributed by atoms with Gasteiger partial charge in [-0.1, -0.05) is 12.1 Å². The Morgan fingerprint density at radius 3 is 2.94 bits per heavy atom. The van der Waals surface area contributed by atoms with Crippen LogP contribution in [0, 0.1) is 6.92 Å². The van der Waals surface area contributed by atoms with Crippen molar-refractivity contribution in [2.75, 3.05) is 19.7 Å². The Balaban J connectivity index is 2.03. The van der Waals surface area contributed by atoms with Crippen molar-refractivity contribution in [3.63, 3.8) is 0 Å². The van der Waals surface area contributed by atoms with Gasteiger partial charge in [0.25, 0.3) is 0 Å². The highest BCUT2D eigenvalue weighted by atomic mass is 16.5. The average molecular weight is 237 g/mol. The highest BCUT2D eigenvalue weighted by molar-refractivity contribution is 5.66. The van der Waals surface area contributed by atoms with Crippen LogP contribution in [-0.2, 0) is 4.79 Å². The van der Waals surface area contributed by atoms with Gasteiger partial charge in [0.05, 0.1) is 0 Å². The van der Waals surface area contributed by atoms with E-state index in [9.17, 15) is 4.79 Å². The molecule has 0 unspecified atom stereocenters. The topological polar surface area (TPSA) is 58.6 Å². The molecule has 0 radical (unpaired) electrons. The predicted octanol–water partition coefficient (Wildman–Crippen LogP) is 1.83. The third-order valence-corrected chi connectivity index (χ3v) is 2.28. The zero-order valence-electron chi connectivity index (χ0n) is 10.1. The molecule has 0 amide bonds. The fraction of sp³-hybridized carbons (Fsp3) is 0.462. The van der Waals surface area contributed by atoms with Crippen LogP contribution in [0.2, 0.25) is 0 Å². The lowest BCUT2D eigenvalue weighted by molar-refractivity contribution is -0.137. The molecule has 1 rings (SSSR count). The second kappa shape index (κ2) is 7.68. The first kappa shape index (κ1) is 13.5. The smallest absolute Gasteiger partial charge is 0.303 e. The monoisotopic (exact) mass is 237 g/mol. The van der Waals surface area contributed by atoms with Crippen LogP contribution >= 0.6 is 0 Å². The minimum atomic E-state index is -0.747. The number of benzene rings is 1. The Kier molecular flexibility index (Phi) is 6.10. The maximum absolute atomic E-state index is 10.3. The first-order chi connectivity index (χ1) is 8.18. The van der Waals surface area contributed by atoms with Gasteiger partial charge in [0, 0.05) is 13.0 Å². The van der Waals surface area contributed by atoms with Crippen LogP contribution in [-0.4, -0.2) is 30.8 Å². The van der Waals surface area contributed by atoms with Gasteiger partial charge in [-0.15, -0.1) is 0 Å². The van der Waals surface area contributed by atoms with Crippen LogP contribution in [0.3, 0.4) is 0 Å². The molecule has 4 heteroatoms. The lowest BCUT2D eigenvalue weighted by Gasteiger charge is -2.07. The molecular formula is C13H19NO3. The summed E-state index contributed by atoms with van der Waals surface area (Å²) in [5, 5.41) is 11.6. The van der Waals surface area contributed by atoms with Crippen molar-refractivity contribution in [3.8, 4) is 5.75 Å². The van der Waals surface area contributed by atoms with Crippen molar-refractivity contribution in [1.82, 2.24) is 5.32 Å². The number of ether oxygens (including phenoxy) is 1. The molecule has 94 valence electrons. The summed E-state index contributed by atoms with van der Waals surface area (Å²) in [6, 6.07) is 7.91. The van der Waals surface area contributed by atoms with E-state index in [4.69, 9.17) is 9.84 Å². The Morgan fingerprint density at radius 1 is 1.41 bits per heavy atom. The summed E-state index contributed by atoms with van der Waals surface area (Å²) in [5.74, 6) is 0.125. The molecule has 0 bridgehead atoms. The van der Waals surface area contributed by atoms with Crippen molar-refractivity contribution in [2.45, 2.75) is 19.8 Å². The molecule has 0 fully saturated rings. The number of aryl methyl sites for hydroxylation is 1. The highest BCUT2D eigenvalue weighted by Gasteiger charge is 1.96. The SMILES string of the molecule is Cc1cccc(OCCNCCCC(=O)O)c1. The standard InChI is InChI=1S/C13H19NO3/c1-11-4-2-5-12(10-11)17-9-8-14-7-3-6-13(15)16/h2,4-5,10,14H,3,6-9H2,1H3,(H,15,16). The summed E-state index contributed by atoms with van der Waals surface area (Å²) in [6.45, 7) is 4.06. The number of carboxylic acids is 1. The molecule has 0 aliphatic carbocycles. The van der Waals surface area contributed by atoms with Crippen LogP contribution < -0.4 is 10.1 Å². The number of carboxylic acid groups (broad SMARTS) is 1. The molecular weight excluding hydrogens is 218 g/mol. The summed E-state index contributed by atoms with van der Waals surface area (Å²) in [7, 11) is 0. The van der Waals surface area contributed by atoms with E-state index in [1.807, 2.05) is 31.2 Å². The normalized spacial score (nSPS) is 10.2. The fourth-order valence-electron chi connectivity index (χ4n) is 1.44. The Bertz CT molecular complexity index is 352. The van der Waals surface area contributed by atoms with E-state index in [0.717, 1.165) is 12.3 Å². The quantitative estimate of drug-likeness (QED) is 0.677. The van der Waals surface area contributed by atoms with E-state index in [0.29, 0.717) is 19.6 Å². The zero-order valence-corrected chi connectivity index (χ0v) is 10.1. The van der Waals surface area contributed by atoms with Gasteiger partial charge < -0.3 is 15.2 Å². The molecule has 0 spiro atoms. The third-order valence-electron chi connectivity index (χ3n) is 2.28. The van der Waals surface area contributed by atoms with E-state index in [2.05, 4.69) is 5.32 Å². The minimum Gasteiger partial charge on any atom is -0.492 e. The number of nitrogens with one attached hydrogen (secondary N) is 1. The first-order valence-corrected chi connectivity index (χ1v) is 5.80. The van der Waals surface area contributed by atoms with Gasteiger partial charge in [-0.2, -0.15) is 0 Å². The molecule has 0 heterocycles. The summed E-state index contributed by atoms with van der Waals surface area (Å²) >= 11 is 0. The minimum absolute atomic E-state index is 0.214. The number of rotatable bonds is 8. The second-order valence-corrected chi connectivity index (χ2v) is 3.91. The number of carbonyl (C=O) groups is 1. The van der Waals surface area contributed by atoms with Crippen molar-refractivity contribution in [2.24, 2.45) is 0 Å². The van der Waals surface area contributed by atoms with Gasteiger partial charge in [0.2, 0.25) is 0 Å². The largest absolute Gasteiger partial charge is 0.492 e. The van der Waals surface area contributed by atoms with Gasteiger partial charge >= 0.3 is 5.97 Å². The molecule has 4 nitrogen and oxygen atoms in total. The maximum atomic E-state index is 10.3. The Hall–Kier alpha value is -1.55. The van der Waals surface area contributed by atoms with E-state index in [1.54, 1.807) is 0 Å². The van der Waals surface area contributed by atoms with Crippen molar-refractivity contribution in [1.29, 1.82) is 0 Å². The van der Waals surface area contributed by atoms with Crippen molar-refractivity contribution in [3.05, 3.63) is 29.8 Å². The van der Waals surface area contributed by atoms with E-state index in [1.165, 1.54) is 5.56 Å². The summed E-state index contributed by atoms with van der Waals surface area (Å²) in [6.07, 6.45) is 0.867. The molecule has 0 aliphatic rings. The van der Waals surface area contributed by atoms with Gasteiger partial charge in [-0.3, -0.25) is 4.79 Å². The molecule has 17 heavy (non-hydrogen) atoms. The van der Waals surface area contributed by atoms with Crippen LogP contribution in [0.1, 0.15) is 18.4 Å². The van der Waals surface area contributed by atoms with Gasteiger partial charge in [-0.25, -0.2) is 0 Å². The van der Waals surface area contributed by atoms with Crippen LogP contribution in [0.15, 0.2) is 24.3 Å². The number of aliphatic carboxylic acids is 1. The van der Waals surface area contributed by atoms with E-state index < -0.39 is 5.97 Å². The van der Waals surface area contributed by atoms with Crippen molar-refractivity contribution < 1.29 is 14.6 Å². The average Bonchev–Trinajstić information content (AvgIpc) is 2.27. The molecule has 1 aromatic rings. The van der Waals surface area contributed by atoms with E-state index in [-0.39, 0.29) is 6.42 Å². The summed E-state index contributed by atoms with van der Waals surface area (Å²) in [4.78, 5) is 10.3. The number of hydrogen-bond donors (Lipinski definition) is 2. The third kappa shape index (κ3) is 6.58. The molecule has 2 N–H and O–H groups in total. The number of hydrogen-bond acceptors (Lipinski definition) is 3. The lowest BCUT2D eigenvalue weighted by Crippen LogP contribution is -2.22. The first-order valence-electron chi connectivity index (χ1n) is 5.80. The van der Waals surface area contributed by atoms with Crippen molar-refractivity contribution >= 4 is 5.97 Å².